The first-order valence-electron chi connectivity index (χ1n) is 3.81. The van der Waals surface area contributed by atoms with Crippen molar-refractivity contribution in [3.8, 4) is 0 Å². The summed E-state index contributed by atoms with van der Waals surface area (Å²) >= 11 is 0. The van der Waals surface area contributed by atoms with Gasteiger partial charge in [0.15, 0.2) is 0 Å². The lowest BCUT2D eigenvalue weighted by Crippen LogP contribution is -2.23. The predicted octanol–water partition coefficient (Wildman–Crippen LogP) is 0.307. The number of H-pyrrole nitrogens is 2. The van der Waals surface area contributed by atoms with Crippen LogP contribution in [0.2, 0.25) is 0 Å². The molecule has 0 saturated carbocycles. The van der Waals surface area contributed by atoms with Crippen molar-refractivity contribution >= 4 is 5.82 Å². The Bertz CT molecular complexity index is 312. The largest absolute Gasteiger partial charge is 0.370 e. The van der Waals surface area contributed by atoms with Gasteiger partial charge in [0.05, 0.1) is 5.56 Å². The Balaban J connectivity index is 2.45. The fraction of sp³-hybridized carbons (Fsp3) is 0.571. The first kappa shape index (κ1) is 6.52. The second-order valence-corrected chi connectivity index (χ2v) is 3.12. The molecule has 0 fully saturated rings. The van der Waals surface area contributed by atoms with Gasteiger partial charge in [0, 0.05) is 6.54 Å². The van der Waals surface area contributed by atoms with Gasteiger partial charge in [0.2, 0.25) is 0 Å². The van der Waals surface area contributed by atoms with E-state index in [0.29, 0.717) is 5.92 Å². The Kier molecular flexibility index (Phi) is 1.27. The molecule has 0 radical (unpaired) electrons. The van der Waals surface area contributed by atoms with Crippen molar-refractivity contribution in [2.75, 3.05) is 11.9 Å². The van der Waals surface area contributed by atoms with Crippen LogP contribution >= 0.6 is 0 Å². The van der Waals surface area contributed by atoms with Crippen LogP contribution < -0.4 is 10.9 Å². The quantitative estimate of drug-likeness (QED) is 0.502. The van der Waals surface area contributed by atoms with E-state index in [-0.39, 0.29) is 5.56 Å². The lowest BCUT2D eigenvalue weighted by Gasteiger charge is -2.18. The molecule has 1 aromatic rings. The van der Waals surface area contributed by atoms with Gasteiger partial charge in [0.25, 0.3) is 5.56 Å². The Labute approximate surface area is 64.0 Å². The molecule has 0 unspecified atom stereocenters. The molecule has 1 aromatic heterocycles. The van der Waals surface area contributed by atoms with Crippen LogP contribution in [0.15, 0.2) is 4.79 Å². The van der Waals surface area contributed by atoms with Gasteiger partial charge < -0.3 is 5.32 Å². The Morgan fingerprint density at radius 1 is 1.45 bits per heavy atom. The first-order chi connectivity index (χ1) is 5.27. The van der Waals surface area contributed by atoms with Crippen molar-refractivity contribution in [1.29, 1.82) is 0 Å². The van der Waals surface area contributed by atoms with Crippen LogP contribution in [0.25, 0.3) is 0 Å². The SMILES string of the molecule is C[C@H]1CNc2[nH][nH]c(=O)c2C1. The van der Waals surface area contributed by atoms with Crippen LogP contribution in [0, 0.1) is 5.92 Å². The maximum Gasteiger partial charge on any atom is 0.269 e. The highest BCUT2D eigenvalue weighted by Crippen LogP contribution is 2.17. The van der Waals surface area contributed by atoms with E-state index in [0.717, 1.165) is 24.3 Å². The lowest BCUT2D eigenvalue weighted by atomic mass is 10.00. The monoisotopic (exact) mass is 153 g/mol. The van der Waals surface area contributed by atoms with Crippen molar-refractivity contribution in [1.82, 2.24) is 10.2 Å². The van der Waals surface area contributed by atoms with Crippen LogP contribution in [-0.4, -0.2) is 16.7 Å². The summed E-state index contributed by atoms with van der Waals surface area (Å²) in [6.07, 6.45) is 0.876. The second-order valence-electron chi connectivity index (χ2n) is 3.12. The lowest BCUT2D eigenvalue weighted by molar-refractivity contribution is 0.592. The van der Waals surface area contributed by atoms with Crippen LogP contribution in [-0.2, 0) is 6.42 Å². The number of hydrogen-bond donors (Lipinski definition) is 3. The zero-order valence-electron chi connectivity index (χ0n) is 6.40. The van der Waals surface area contributed by atoms with Gasteiger partial charge in [-0.05, 0) is 12.3 Å². The molecule has 0 aliphatic carbocycles. The first-order valence-corrected chi connectivity index (χ1v) is 3.81. The van der Waals surface area contributed by atoms with Gasteiger partial charge >= 0.3 is 0 Å². The number of fused-ring (bicyclic) bond motifs is 1. The zero-order valence-corrected chi connectivity index (χ0v) is 6.40. The molecular formula is C7H11N3O. The average Bonchev–Trinajstić information content (AvgIpc) is 2.33. The average molecular weight is 153 g/mol. The van der Waals surface area contributed by atoms with E-state index in [1.54, 1.807) is 0 Å². The smallest absolute Gasteiger partial charge is 0.269 e. The molecule has 2 rings (SSSR count). The van der Waals surface area contributed by atoms with E-state index in [9.17, 15) is 4.79 Å². The molecule has 4 nitrogen and oxygen atoms in total. The van der Waals surface area contributed by atoms with E-state index in [4.69, 9.17) is 0 Å². The summed E-state index contributed by atoms with van der Waals surface area (Å²) < 4.78 is 0. The van der Waals surface area contributed by atoms with Crippen molar-refractivity contribution in [3.63, 3.8) is 0 Å². The molecule has 2 heterocycles. The molecule has 0 aromatic carbocycles. The maximum absolute atomic E-state index is 11.1. The van der Waals surface area contributed by atoms with E-state index < -0.39 is 0 Å². The molecule has 0 bridgehead atoms. The molecule has 0 spiro atoms. The molecule has 60 valence electrons. The molecule has 0 saturated heterocycles. The third-order valence-corrected chi connectivity index (χ3v) is 2.06. The Hall–Kier alpha value is -1.19. The van der Waals surface area contributed by atoms with E-state index >= 15 is 0 Å². The molecule has 1 aliphatic rings. The third kappa shape index (κ3) is 0.943. The van der Waals surface area contributed by atoms with Gasteiger partial charge in [-0.25, -0.2) is 0 Å². The van der Waals surface area contributed by atoms with Crippen molar-refractivity contribution in [2.45, 2.75) is 13.3 Å². The number of aromatic amines is 2. The summed E-state index contributed by atoms with van der Waals surface area (Å²) in [5.74, 6) is 1.42. The van der Waals surface area contributed by atoms with Gasteiger partial charge in [-0.2, -0.15) is 0 Å². The highest BCUT2D eigenvalue weighted by molar-refractivity contribution is 5.44. The number of hydrogen-bond acceptors (Lipinski definition) is 2. The van der Waals surface area contributed by atoms with E-state index in [2.05, 4.69) is 22.4 Å². The molecule has 1 aliphatic heterocycles. The van der Waals surface area contributed by atoms with Crippen molar-refractivity contribution in [3.05, 3.63) is 15.9 Å². The third-order valence-electron chi connectivity index (χ3n) is 2.06. The number of anilines is 1. The Morgan fingerprint density at radius 3 is 3.09 bits per heavy atom. The Morgan fingerprint density at radius 2 is 2.27 bits per heavy atom. The predicted molar refractivity (Wildman–Crippen MR) is 42.8 cm³/mol. The highest BCUT2D eigenvalue weighted by atomic mass is 16.1. The second kappa shape index (κ2) is 2.15. The normalized spacial score (nSPS) is 22.5. The number of rotatable bonds is 0. The van der Waals surface area contributed by atoms with Crippen LogP contribution in [0.3, 0.4) is 0 Å². The molecule has 0 amide bonds. The van der Waals surface area contributed by atoms with Gasteiger partial charge in [-0.15, -0.1) is 0 Å². The fourth-order valence-electron chi connectivity index (χ4n) is 1.43. The minimum absolute atomic E-state index is 0.0130. The summed E-state index contributed by atoms with van der Waals surface area (Å²) in [5.41, 5.74) is 0.878. The summed E-state index contributed by atoms with van der Waals surface area (Å²) in [6.45, 7) is 3.07. The van der Waals surface area contributed by atoms with Crippen molar-refractivity contribution < 1.29 is 0 Å². The molecule has 11 heavy (non-hydrogen) atoms. The zero-order chi connectivity index (χ0) is 7.84. The summed E-state index contributed by atoms with van der Waals surface area (Å²) in [5, 5.41) is 8.50. The summed E-state index contributed by atoms with van der Waals surface area (Å²) in [4.78, 5) is 11.1. The standard InChI is InChI=1S/C7H11N3O/c1-4-2-5-6(8-3-4)9-10-7(5)11/h4H,2-3H2,1H3,(H3,8,9,10,11)/t4-/m1/s1. The fourth-order valence-corrected chi connectivity index (χ4v) is 1.43. The highest BCUT2D eigenvalue weighted by Gasteiger charge is 2.18. The van der Waals surface area contributed by atoms with E-state index in [1.165, 1.54) is 0 Å². The number of nitrogens with one attached hydrogen (secondary N) is 3. The minimum atomic E-state index is 0.0130. The van der Waals surface area contributed by atoms with Crippen LogP contribution in [0.4, 0.5) is 5.82 Å². The maximum atomic E-state index is 11.1. The molecule has 4 heteroatoms. The summed E-state index contributed by atoms with van der Waals surface area (Å²) in [7, 11) is 0. The minimum Gasteiger partial charge on any atom is -0.370 e. The molecular weight excluding hydrogens is 142 g/mol. The van der Waals surface area contributed by atoms with Gasteiger partial charge in [0.1, 0.15) is 5.82 Å². The van der Waals surface area contributed by atoms with Crippen LogP contribution in [0.5, 0.6) is 0 Å². The topological polar surface area (TPSA) is 60.7 Å². The van der Waals surface area contributed by atoms with Crippen LogP contribution in [0.1, 0.15) is 12.5 Å². The molecule has 1 atom stereocenters. The molecule has 3 N–H and O–H groups in total. The van der Waals surface area contributed by atoms with E-state index in [1.807, 2.05) is 0 Å². The van der Waals surface area contributed by atoms with Gasteiger partial charge in [-0.1, -0.05) is 6.92 Å². The van der Waals surface area contributed by atoms with Gasteiger partial charge in [-0.3, -0.25) is 15.0 Å². The number of aromatic nitrogens is 2. The summed E-state index contributed by atoms with van der Waals surface area (Å²) in [6, 6.07) is 0. The van der Waals surface area contributed by atoms with Crippen molar-refractivity contribution in [2.24, 2.45) is 5.92 Å².